The van der Waals surface area contributed by atoms with Gasteiger partial charge in [0.2, 0.25) is 0 Å². The summed E-state index contributed by atoms with van der Waals surface area (Å²) in [6.45, 7) is 3.85. The summed E-state index contributed by atoms with van der Waals surface area (Å²) in [4.78, 5) is 28.0. The van der Waals surface area contributed by atoms with E-state index < -0.39 is 5.91 Å². The van der Waals surface area contributed by atoms with Crippen molar-refractivity contribution in [2.24, 2.45) is 0 Å². The number of carbonyl (C=O) groups is 2. The van der Waals surface area contributed by atoms with Gasteiger partial charge in [-0.05, 0) is 36.4 Å². The average Bonchev–Trinajstić information content (AvgIpc) is 2.54. The van der Waals surface area contributed by atoms with E-state index >= 15 is 0 Å². The van der Waals surface area contributed by atoms with E-state index in [1.165, 1.54) is 12.1 Å². The lowest BCUT2D eigenvalue weighted by Gasteiger charge is -2.06. The van der Waals surface area contributed by atoms with Crippen LogP contribution in [0.4, 0.5) is 5.69 Å². The Kier molecular flexibility index (Phi) is 5.27. The van der Waals surface area contributed by atoms with Crippen LogP contribution in [0.5, 0.6) is 0 Å². The lowest BCUT2D eigenvalue weighted by Crippen LogP contribution is -2.25. The molecule has 1 aromatic heterocycles. The summed E-state index contributed by atoms with van der Waals surface area (Å²) in [5.74, 6) is -0.762. The molecule has 5 nitrogen and oxygen atoms in total. The average molecular weight is 316 g/mol. The number of hydrogen-bond donors (Lipinski definition) is 2. The largest absolute Gasteiger partial charge is 0.347 e. The Morgan fingerprint density at radius 3 is 2.36 bits per heavy atom. The van der Waals surface area contributed by atoms with Crippen molar-refractivity contribution >= 4 is 29.1 Å². The molecule has 2 rings (SSSR count). The Hall–Kier alpha value is -2.66. The summed E-state index contributed by atoms with van der Waals surface area (Å²) in [5, 5.41) is 5.87. The highest BCUT2D eigenvalue weighted by molar-refractivity contribution is 6.30. The second-order valence-electron chi connectivity index (χ2n) is 4.37. The third kappa shape index (κ3) is 4.17. The minimum absolute atomic E-state index is 0.154. The minimum Gasteiger partial charge on any atom is -0.347 e. The van der Waals surface area contributed by atoms with Gasteiger partial charge in [0.05, 0.1) is 0 Å². The van der Waals surface area contributed by atoms with Crippen molar-refractivity contribution in [2.45, 2.75) is 0 Å². The van der Waals surface area contributed by atoms with Crippen LogP contribution in [0.2, 0.25) is 5.02 Å². The number of benzene rings is 1. The maximum atomic E-state index is 12.1. The number of pyridine rings is 1. The number of anilines is 1. The molecule has 1 aromatic carbocycles. The smallest absolute Gasteiger partial charge is 0.274 e. The van der Waals surface area contributed by atoms with Gasteiger partial charge in [0.15, 0.2) is 0 Å². The first-order chi connectivity index (χ1) is 10.6. The van der Waals surface area contributed by atoms with Gasteiger partial charge in [0.1, 0.15) is 11.4 Å². The van der Waals surface area contributed by atoms with Gasteiger partial charge in [-0.3, -0.25) is 9.59 Å². The molecule has 0 aliphatic rings. The zero-order chi connectivity index (χ0) is 15.9. The maximum Gasteiger partial charge on any atom is 0.274 e. The maximum absolute atomic E-state index is 12.1. The number of hydrogen-bond acceptors (Lipinski definition) is 3. The summed E-state index contributed by atoms with van der Waals surface area (Å²) < 4.78 is 0. The van der Waals surface area contributed by atoms with E-state index in [-0.39, 0.29) is 17.3 Å². The fraction of sp³-hybridized carbons (Fsp3) is 0.0625. The van der Waals surface area contributed by atoms with E-state index in [1.807, 2.05) is 0 Å². The number of rotatable bonds is 5. The Morgan fingerprint density at radius 1 is 1.09 bits per heavy atom. The molecule has 6 heteroatoms. The van der Waals surface area contributed by atoms with E-state index in [9.17, 15) is 9.59 Å². The summed E-state index contributed by atoms with van der Waals surface area (Å²) in [5.41, 5.74) is 0.921. The molecule has 0 aliphatic heterocycles. The molecule has 0 aliphatic carbocycles. The summed E-state index contributed by atoms with van der Waals surface area (Å²) in [6.07, 6.45) is 1.56. The standard InChI is InChI=1S/C16H14ClN3O2/c1-2-10-18-15(21)13-4-3-5-14(20-13)16(22)19-12-8-6-11(17)7-9-12/h2-9H,1,10H2,(H,18,21)(H,19,22). The summed E-state index contributed by atoms with van der Waals surface area (Å²) >= 11 is 5.79. The third-order valence-electron chi connectivity index (χ3n) is 2.72. The molecule has 0 radical (unpaired) electrons. The Balaban J connectivity index is 2.11. The van der Waals surface area contributed by atoms with Gasteiger partial charge < -0.3 is 10.6 Å². The van der Waals surface area contributed by atoms with E-state index in [0.717, 1.165) is 0 Å². The predicted octanol–water partition coefficient (Wildman–Crippen LogP) is 2.90. The number of amides is 2. The molecular weight excluding hydrogens is 302 g/mol. The lowest BCUT2D eigenvalue weighted by atomic mass is 10.2. The van der Waals surface area contributed by atoms with Crippen molar-refractivity contribution in [1.82, 2.24) is 10.3 Å². The molecule has 0 atom stereocenters. The van der Waals surface area contributed by atoms with Gasteiger partial charge in [-0.25, -0.2) is 4.98 Å². The highest BCUT2D eigenvalue weighted by Crippen LogP contribution is 2.14. The summed E-state index contributed by atoms with van der Waals surface area (Å²) in [7, 11) is 0. The van der Waals surface area contributed by atoms with E-state index in [0.29, 0.717) is 17.3 Å². The van der Waals surface area contributed by atoms with Crippen LogP contribution < -0.4 is 10.6 Å². The molecule has 2 N–H and O–H groups in total. The minimum atomic E-state index is -0.402. The van der Waals surface area contributed by atoms with Gasteiger partial charge in [0.25, 0.3) is 11.8 Å². The first-order valence-electron chi connectivity index (χ1n) is 6.53. The van der Waals surface area contributed by atoms with Crippen LogP contribution in [0, 0.1) is 0 Å². The number of carbonyl (C=O) groups excluding carboxylic acids is 2. The predicted molar refractivity (Wildman–Crippen MR) is 86.2 cm³/mol. The van der Waals surface area contributed by atoms with Gasteiger partial charge in [0, 0.05) is 17.3 Å². The van der Waals surface area contributed by atoms with E-state index in [1.54, 1.807) is 36.4 Å². The van der Waals surface area contributed by atoms with Crippen LogP contribution >= 0.6 is 11.6 Å². The van der Waals surface area contributed by atoms with Gasteiger partial charge in [-0.1, -0.05) is 23.7 Å². The van der Waals surface area contributed by atoms with E-state index in [4.69, 9.17) is 11.6 Å². The molecule has 22 heavy (non-hydrogen) atoms. The normalized spacial score (nSPS) is 9.86. The fourth-order valence-electron chi connectivity index (χ4n) is 1.67. The molecule has 112 valence electrons. The molecule has 0 spiro atoms. The highest BCUT2D eigenvalue weighted by Gasteiger charge is 2.12. The zero-order valence-electron chi connectivity index (χ0n) is 11.7. The molecule has 1 heterocycles. The van der Waals surface area contributed by atoms with Crippen LogP contribution in [-0.2, 0) is 0 Å². The second-order valence-corrected chi connectivity index (χ2v) is 4.80. The zero-order valence-corrected chi connectivity index (χ0v) is 12.4. The molecule has 0 bridgehead atoms. The van der Waals surface area contributed by atoms with Crippen LogP contribution in [0.3, 0.4) is 0 Å². The Bertz CT molecular complexity index is 699. The van der Waals surface area contributed by atoms with Crippen molar-refractivity contribution in [3.8, 4) is 0 Å². The van der Waals surface area contributed by atoms with Gasteiger partial charge in [-0.15, -0.1) is 6.58 Å². The monoisotopic (exact) mass is 315 g/mol. The SMILES string of the molecule is C=CCNC(=O)c1cccc(C(=O)Nc2ccc(Cl)cc2)n1. The van der Waals surface area contributed by atoms with Crippen molar-refractivity contribution in [3.63, 3.8) is 0 Å². The van der Waals surface area contributed by atoms with Crippen molar-refractivity contribution in [3.05, 3.63) is 71.5 Å². The molecule has 0 fully saturated rings. The molecule has 0 saturated carbocycles. The summed E-state index contributed by atoms with van der Waals surface area (Å²) in [6, 6.07) is 11.4. The first-order valence-corrected chi connectivity index (χ1v) is 6.91. The first kappa shape index (κ1) is 15.7. The number of aromatic nitrogens is 1. The molecule has 2 amide bonds. The van der Waals surface area contributed by atoms with Crippen molar-refractivity contribution < 1.29 is 9.59 Å². The number of halogens is 1. The fourth-order valence-corrected chi connectivity index (χ4v) is 1.80. The molecule has 0 unspecified atom stereocenters. The highest BCUT2D eigenvalue weighted by atomic mass is 35.5. The van der Waals surface area contributed by atoms with Gasteiger partial charge >= 0.3 is 0 Å². The lowest BCUT2D eigenvalue weighted by molar-refractivity contribution is 0.0953. The molecule has 2 aromatic rings. The third-order valence-corrected chi connectivity index (χ3v) is 2.98. The Morgan fingerprint density at radius 2 is 1.73 bits per heavy atom. The van der Waals surface area contributed by atoms with Crippen LogP contribution in [-0.4, -0.2) is 23.3 Å². The second kappa shape index (κ2) is 7.38. The number of nitrogens with one attached hydrogen (secondary N) is 2. The van der Waals surface area contributed by atoms with Crippen LogP contribution in [0.25, 0.3) is 0 Å². The van der Waals surface area contributed by atoms with Crippen molar-refractivity contribution in [2.75, 3.05) is 11.9 Å². The van der Waals surface area contributed by atoms with Crippen LogP contribution in [0.15, 0.2) is 55.1 Å². The quantitative estimate of drug-likeness (QED) is 0.833. The van der Waals surface area contributed by atoms with Crippen molar-refractivity contribution in [1.29, 1.82) is 0 Å². The van der Waals surface area contributed by atoms with E-state index in [2.05, 4.69) is 22.2 Å². The molecule has 0 saturated heterocycles. The Labute approximate surface area is 133 Å². The topological polar surface area (TPSA) is 71.1 Å². The number of nitrogens with zero attached hydrogens (tertiary/aromatic N) is 1. The van der Waals surface area contributed by atoms with Gasteiger partial charge in [-0.2, -0.15) is 0 Å². The van der Waals surface area contributed by atoms with Crippen LogP contribution in [0.1, 0.15) is 21.0 Å². The molecular formula is C16H14ClN3O2.